The monoisotopic (exact) mass is 327 g/mol. The van der Waals surface area contributed by atoms with E-state index in [2.05, 4.69) is 21.2 Å². The number of methoxy groups -OCH3 is 1. The molecule has 19 heavy (non-hydrogen) atoms. The summed E-state index contributed by atoms with van der Waals surface area (Å²) >= 11 is 3.31. The number of nitrogens with one attached hydrogen (secondary N) is 1. The van der Waals surface area contributed by atoms with Crippen molar-refractivity contribution in [2.24, 2.45) is 0 Å². The van der Waals surface area contributed by atoms with Crippen molar-refractivity contribution in [1.29, 1.82) is 0 Å². The van der Waals surface area contributed by atoms with Gasteiger partial charge in [-0.3, -0.25) is 4.79 Å². The Balaban J connectivity index is 2.87. The first-order valence-electron chi connectivity index (χ1n) is 6.09. The first-order chi connectivity index (χ1) is 8.92. The molecule has 1 unspecified atom stereocenters. The summed E-state index contributed by atoms with van der Waals surface area (Å²) in [7, 11) is 1.32. The second-order valence-corrected chi connectivity index (χ2v) is 5.45. The molecule has 0 aliphatic heterocycles. The normalized spacial score (nSPS) is 13.5. The van der Waals surface area contributed by atoms with Gasteiger partial charge in [0.25, 0.3) is 5.91 Å². The maximum Gasteiger partial charge on any atom is 0.331 e. The number of amides is 1. The molecule has 1 rings (SSSR count). The molecule has 0 radical (unpaired) electrons. The highest BCUT2D eigenvalue weighted by Crippen LogP contribution is 2.16. The molecule has 0 spiro atoms. The van der Waals surface area contributed by atoms with E-state index in [0.29, 0.717) is 12.0 Å². The highest BCUT2D eigenvalue weighted by Gasteiger charge is 2.35. The fourth-order valence-corrected chi connectivity index (χ4v) is 2.13. The highest BCUT2D eigenvalue weighted by atomic mass is 79.9. The van der Waals surface area contributed by atoms with Crippen molar-refractivity contribution in [3.8, 4) is 0 Å². The van der Waals surface area contributed by atoms with Gasteiger partial charge < -0.3 is 10.1 Å². The molecule has 5 heteroatoms. The Labute approximate surface area is 121 Å². The number of halogens is 1. The molecule has 0 fully saturated rings. The first kappa shape index (κ1) is 15.7. The van der Waals surface area contributed by atoms with Crippen molar-refractivity contribution in [3.05, 3.63) is 34.3 Å². The molecule has 4 nitrogen and oxygen atoms in total. The lowest BCUT2D eigenvalue weighted by Crippen LogP contribution is -2.52. The SMILES string of the molecule is CCCC(C)(NC(=O)c1ccc(Br)cc1)C(=O)OC. The van der Waals surface area contributed by atoms with Crippen molar-refractivity contribution < 1.29 is 14.3 Å². The molecule has 1 aromatic carbocycles. The number of esters is 1. The van der Waals surface area contributed by atoms with E-state index < -0.39 is 11.5 Å². The van der Waals surface area contributed by atoms with Gasteiger partial charge in [0.2, 0.25) is 0 Å². The zero-order valence-corrected chi connectivity index (χ0v) is 12.9. The van der Waals surface area contributed by atoms with E-state index >= 15 is 0 Å². The predicted molar refractivity (Wildman–Crippen MR) is 76.9 cm³/mol. The van der Waals surface area contributed by atoms with Crippen LogP contribution >= 0.6 is 15.9 Å². The van der Waals surface area contributed by atoms with Crippen molar-refractivity contribution in [1.82, 2.24) is 5.32 Å². The van der Waals surface area contributed by atoms with Gasteiger partial charge in [0.15, 0.2) is 0 Å². The summed E-state index contributed by atoms with van der Waals surface area (Å²) in [5.74, 6) is -0.714. The average Bonchev–Trinajstić information content (AvgIpc) is 2.38. The predicted octanol–water partition coefficient (Wildman–Crippen LogP) is 2.91. The van der Waals surface area contributed by atoms with E-state index in [1.54, 1.807) is 31.2 Å². The van der Waals surface area contributed by atoms with Crippen LogP contribution in [0.1, 0.15) is 37.0 Å². The van der Waals surface area contributed by atoms with Gasteiger partial charge in [-0.2, -0.15) is 0 Å². The minimum Gasteiger partial charge on any atom is -0.467 e. The third kappa shape index (κ3) is 4.06. The van der Waals surface area contributed by atoms with Gasteiger partial charge in [0.1, 0.15) is 5.54 Å². The fraction of sp³-hybridized carbons (Fsp3) is 0.429. The third-order valence-electron chi connectivity index (χ3n) is 2.88. The molecule has 0 aliphatic carbocycles. The minimum atomic E-state index is -0.992. The number of carbonyl (C=O) groups is 2. The average molecular weight is 328 g/mol. The third-order valence-corrected chi connectivity index (χ3v) is 3.41. The van der Waals surface area contributed by atoms with Crippen LogP contribution in [-0.4, -0.2) is 24.5 Å². The number of benzene rings is 1. The van der Waals surface area contributed by atoms with Crippen molar-refractivity contribution in [2.75, 3.05) is 7.11 Å². The van der Waals surface area contributed by atoms with Gasteiger partial charge in [0.05, 0.1) is 7.11 Å². The lowest BCUT2D eigenvalue weighted by Gasteiger charge is -2.27. The van der Waals surface area contributed by atoms with Crippen LogP contribution in [0.3, 0.4) is 0 Å². The Morgan fingerprint density at radius 2 is 1.89 bits per heavy atom. The van der Waals surface area contributed by atoms with Gasteiger partial charge in [-0.05, 0) is 37.6 Å². The highest BCUT2D eigenvalue weighted by molar-refractivity contribution is 9.10. The van der Waals surface area contributed by atoms with Gasteiger partial charge in [-0.1, -0.05) is 29.3 Å². The molecule has 0 heterocycles. The van der Waals surface area contributed by atoms with Gasteiger partial charge in [0, 0.05) is 10.0 Å². The number of hydrogen-bond acceptors (Lipinski definition) is 3. The van der Waals surface area contributed by atoms with Gasteiger partial charge >= 0.3 is 5.97 Å². The molecule has 0 saturated heterocycles. The van der Waals surface area contributed by atoms with E-state index in [-0.39, 0.29) is 5.91 Å². The molecule has 0 bridgehead atoms. The molecular weight excluding hydrogens is 310 g/mol. The number of carbonyl (C=O) groups excluding carboxylic acids is 2. The molecule has 0 aliphatic rings. The topological polar surface area (TPSA) is 55.4 Å². The Morgan fingerprint density at radius 1 is 1.32 bits per heavy atom. The van der Waals surface area contributed by atoms with Crippen LogP contribution in [0.25, 0.3) is 0 Å². The zero-order valence-electron chi connectivity index (χ0n) is 11.3. The summed E-state index contributed by atoms with van der Waals surface area (Å²) in [6, 6.07) is 6.96. The Morgan fingerprint density at radius 3 is 2.37 bits per heavy atom. The number of hydrogen-bond donors (Lipinski definition) is 1. The van der Waals surface area contributed by atoms with Gasteiger partial charge in [-0.15, -0.1) is 0 Å². The maximum atomic E-state index is 12.1. The lowest BCUT2D eigenvalue weighted by molar-refractivity contribution is -0.147. The fourth-order valence-electron chi connectivity index (χ4n) is 1.86. The molecule has 0 saturated carbocycles. The van der Waals surface area contributed by atoms with E-state index in [1.807, 2.05) is 6.92 Å². The van der Waals surface area contributed by atoms with E-state index in [0.717, 1.165) is 10.9 Å². The quantitative estimate of drug-likeness (QED) is 0.846. The summed E-state index contributed by atoms with van der Waals surface area (Å²) in [6.45, 7) is 3.63. The smallest absolute Gasteiger partial charge is 0.331 e. The first-order valence-corrected chi connectivity index (χ1v) is 6.88. The minimum absolute atomic E-state index is 0.283. The standard InChI is InChI=1S/C14H18BrNO3/c1-4-9-14(2,13(18)19-3)16-12(17)10-5-7-11(15)8-6-10/h5-8H,4,9H2,1-3H3,(H,16,17). The van der Waals surface area contributed by atoms with Crippen LogP contribution < -0.4 is 5.32 Å². The Bertz CT molecular complexity index is 458. The molecule has 0 aromatic heterocycles. The number of rotatable bonds is 5. The van der Waals surface area contributed by atoms with E-state index in [9.17, 15) is 9.59 Å². The van der Waals surface area contributed by atoms with Crippen LogP contribution in [0.2, 0.25) is 0 Å². The summed E-state index contributed by atoms with van der Waals surface area (Å²) in [5.41, 5.74) is -0.484. The molecule has 1 amide bonds. The van der Waals surface area contributed by atoms with E-state index in [4.69, 9.17) is 4.74 Å². The summed E-state index contributed by atoms with van der Waals surface area (Å²) in [6.07, 6.45) is 1.30. The molecular formula is C14H18BrNO3. The van der Waals surface area contributed by atoms with Crippen molar-refractivity contribution in [3.63, 3.8) is 0 Å². The molecule has 1 N–H and O–H groups in total. The summed E-state index contributed by atoms with van der Waals surface area (Å²) in [5, 5.41) is 2.75. The molecule has 1 aromatic rings. The lowest BCUT2D eigenvalue weighted by atomic mass is 9.95. The summed E-state index contributed by atoms with van der Waals surface area (Å²) in [4.78, 5) is 23.9. The summed E-state index contributed by atoms with van der Waals surface area (Å²) < 4.78 is 5.66. The Kier molecular flexibility index (Phi) is 5.54. The molecule has 104 valence electrons. The maximum absolute atomic E-state index is 12.1. The van der Waals surface area contributed by atoms with E-state index in [1.165, 1.54) is 7.11 Å². The van der Waals surface area contributed by atoms with Crippen molar-refractivity contribution in [2.45, 2.75) is 32.2 Å². The zero-order chi connectivity index (χ0) is 14.5. The van der Waals surface area contributed by atoms with Crippen LogP contribution in [0.15, 0.2) is 28.7 Å². The van der Waals surface area contributed by atoms with Crippen molar-refractivity contribution >= 4 is 27.8 Å². The number of ether oxygens (including phenoxy) is 1. The second kappa shape index (κ2) is 6.70. The van der Waals surface area contributed by atoms with Crippen LogP contribution in [0, 0.1) is 0 Å². The van der Waals surface area contributed by atoms with Crippen LogP contribution in [-0.2, 0) is 9.53 Å². The van der Waals surface area contributed by atoms with Gasteiger partial charge in [-0.25, -0.2) is 4.79 Å². The largest absolute Gasteiger partial charge is 0.467 e. The van der Waals surface area contributed by atoms with Crippen LogP contribution in [0.5, 0.6) is 0 Å². The van der Waals surface area contributed by atoms with Crippen LogP contribution in [0.4, 0.5) is 0 Å². The second-order valence-electron chi connectivity index (χ2n) is 4.53. The molecule has 1 atom stereocenters. The Hall–Kier alpha value is -1.36.